The van der Waals surface area contributed by atoms with Crippen molar-refractivity contribution < 1.29 is 23.7 Å². The second-order valence-corrected chi connectivity index (χ2v) is 8.99. The van der Waals surface area contributed by atoms with Gasteiger partial charge in [-0.25, -0.2) is 4.98 Å². The summed E-state index contributed by atoms with van der Waals surface area (Å²) in [5.74, 6) is 0.698. The number of hydrogen-bond acceptors (Lipinski definition) is 6. The van der Waals surface area contributed by atoms with E-state index in [9.17, 15) is 0 Å². The molecule has 0 aromatic carbocycles. The lowest BCUT2D eigenvalue weighted by atomic mass is 10.0. The van der Waals surface area contributed by atoms with Gasteiger partial charge in [0.1, 0.15) is 24.4 Å². The standard InChI is InChI=1S/C27H47NO5/c1-6-10-14-29-20-23-25(30-15-11-7-2)26(31-16-12-8-3)24(33-23)22-18-21(5)27(28-19-22)32-17-13-9-4/h18-19,23-26H,6-17,20H2,1-5H3/t23-,24+,25+,26?/m1/s1. The normalized spacial score (nSPS) is 22.7. The van der Waals surface area contributed by atoms with E-state index in [1.807, 2.05) is 13.1 Å². The van der Waals surface area contributed by atoms with Crippen LogP contribution in [0.3, 0.4) is 0 Å². The van der Waals surface area contributed by atoms with Crippen LogP contribution >= 0.6 is 0 Å². The van der Waals surface area contributed by atoms with Gasteiger partial charge in [-0.1, -0.05) is 53.4 Å². The summed E-state index contributed by atoms with van der Waals surface area (Å²) in [5, 5.41) is 0. The molecule has 2 rings (SSSR count). The summed E-state index contributed by atoms with van der Waals surface area (Å²) in [6.45, 7) is 14.1. The lowest BCUT2D eigenvalue weighted by molar-refractivity contribution is -0.0795. The molecule has 0 spiro atoms. The predicted molar refractivity (Wildman–Crippen MR) is 132 cm³/mol. The summed E-state index contributed by atoms with van der Waals surface area (Å²) in [4.78, 5) is 4.61. The number of unbranched alkanes of at least 4 members (excludes halogenated alkanes) is 4. The van der Waals surface area contributed by atoms with Gasteiger partial charge in [0.15, 0.2) is 0 Å². The lowest BCUT2D eigenvalue weighted by Gasteiger charge is -2.25. The minimum atomic E-state index is -0.232. The van der Waals surface area contributed by atoms with E-state index in [-0.39, 0.29) is 24.4 Å². The third-order valence-electron chi connectivity index (χ3n) is 5.97. The number of ether oxygens (including phenoxy) is 5. The summed E-state index contributed by atoms with van der Waals surface area (Å²) >= 11 is 0. The Morgan fingerprint density at radius 3 is 2.06 bits per heavy atom. The van der Waals surface area contributed by atoms with Crippen molar-refractivity contribution >= 4 is 0 Å². The molecule has 1 aromatic heterocycles. The topological polar surface area (TPSA) is 59.0 Å². The van der Waals surface area contributed by atoms with E-state index in [1.165, 1.54) is 0 Å². The van der Waals surface area contributed by atoms with Gasteiger partial charge in [-0.3, -0.25) is 0 Å². The maximum atomic E-state index is 6.55. The number of nitrogens with zero attached hydrogens (tertiary/aromatic N) is 1. The molecule has 190 valence electrons. The number of aromatic nitrogens is 1. The first-order valence-corrected chi connectivity index (χ1v) is 13.2. The fourth-order valence-electron chi connectivity index (χ4n) is 3.89. The second-order valence-electron chi connectivity index (χ2n) is 8.99. The van der Waals surface area contributed by atoms with Crippen LogP contribution in [0.5, 0.6) is 5.88 Å². The smallest absolute Gasteiger partial charge is 0.216 e. The highest BCUT2D eigenvalue weighted by molar-refractivity contribution is 5.31. The summed E-state index contributed by atoms with van der Waals surface area (Å²) in [5.41, 5.74) is 2.03. The SMILES string of the molecule is CCCCOC[C@H]1O[C@@H](c2cnc(OCCCC)c(C)c2)C(OCCCC)[C@H]1OCCCC. The van der Waals surface area contributed by atoms with Crippen LogP contribution in [-0.2, 0) is 18.9 Å². The molecule has 6 nitrogen and oxygen atoms in total. The van der Waals surface area contributed by atoms with Crippen molar-refractivity contribution in [1.82, 2.24) is 4.98 Å². The summed E-state index contributed by atoms with van der Waals surface area (Å²) < 4.78 is 31.1. The maximum absolute atomic E-state index is 6.55. The third kappa shape index (κ3) is 9.16. The highest BCUT2D eigenvalue weighted by Gasteiger charge is 2.47. The van der Waals surface area contributed by atoms with Crippen molar-refractivity contribution in [2.75, 3.05) is 33.0 Å². The Bertz CT molecular complexity index is 641. The Morgan fingerprint density at radius 2 is 1.42 bits per heavy atom. The molecule has 4 atom stereocenters. The van der Waals surface area contributed by atoms with Gasteiger partial charge in [-0.05, 0) is 38.7 Å². The molecule has 1 aliphatic rings. The molecule has 0 saturated carbocycles. The molecule has 0 bridgehead atoms. The molecule has 0 N–H and O–H groups in total. The Balaban J connectivity index is 2.19. The zero-order valence-electron chi connectivity index (χ0n) is 21.6. The van der Waals surface area contributed by atoms with Crippen molar-refractivity contribution in [2.24, 2.45) is 0 Å². The molecule has 1 saturated heterocycles. The van der Waals surface area contributed by atoms with Crippen LogP contribution < -0.4 is 4.74 Å². The van der Waals surface area contributed by atoms with E-state index in [4.69, 9.17) is 23.7 Å². The molecule has 1 aromatic rings. The van der Waals surface area contributed by atoms with E-state index >= 15 is 0 Å². The van der Waals surface area contributed by atoms with Gasteiger partial charge in [0, 0.05) is 37.1 Å². The zero-order valence-corrected chi connectivity index (χ0v) is 21.6. The van der Waals surface area contributed by atoms with Crippen molar-refractivity contribution in [2.45, 2.75) is 110 Å². The third-order valence-corrected chi connectivity index (χ3v) is 5.97. The average molecular weight is 466 g/mol. The van der Waals surface area contributed by atoms with Crippen LogP contribution in [0, 0.1) is 6.92 Å². The van der Waals surface area contributed by atoms with Crippen LogP contribution in [0.4, 0.5) is 0 Å². The van der Waals surface area contributed by atoms with Crippen LogP contribution in [0.25, 0.3) is 0 Å². The van der Waals surface area contributed by atoms with E-state index < -0.39 is 0 Å². The molecular weight excluding hydrogens is 418 g/mol. The Labute approximate surface area is 201 Å². The fraction of sp³-hybridized carbons (Fsp3) is 0.815. The predicted octanol–water partition coefficient (Wildman–Crippen LogP) is 6.20. The van der Waals surface area contributed by atoms with Gasteiger partial charge in [-0.2, -0.15) is 0 Å². The first kappa shape index (κ1) is 28.0. The monoisotopic (exact) mass is 465 g/mol. The molecule has 0 amide bonds. The summed E-state index contributed by atoms with van der Waals surface area (Å²) in [6, 6.07) is 2.12. The first-order valence-electron chi connectivity index (χ1n) is 13.2. The van der Waals surface area contributed by atoms with E-state index in [2.05, 4.69) is 38.7 Å². The molecular formula is C27H47NO5. The second kappa shape index (κ2) is 16.4. The molecule has 1 unspecified atom stereocenters. The van der Waals surface area contributed by atoms with E-state index in [0.29, 0.717) is 32.3 Å². The van der Waals surface area contributed by atoms with E-state index in [0.717, 1.165) is 69.1 Å². The van der Waals surface area contributed by atoms with Gasteiger partial charge in [0.25, 0.3) is 0 Å². The molecule has 0 radical (unpaired) electrons. The molecule has 2 heterocycles. The van der Waals surface area contributed by atoms with Crippen molar-refractivity contribution in [3.63, 3.8) is 0 Å². The molecule has 1 fully saturated rings. The first-order chi connectivity index (χ1) is 16.2. The van der Waals surface area contributed by atoms with Crippen LogP contribution in [0.2, 0.25) is 0 Å². The van der Waals surface area contributed by atoms with Crippen LogP contribution in [0.15, 0.2) is 12.3 Å². The van der Waals surface area contributed by atoms with Crippen LogP contribution in [0.1, 0.15) is 96.3 Å². The number of pyridine rings is 1. The maximum Gasteiger partial charge on any atom is 0.216 e. The van der Waals surface area contributed by atoms with Crippen LogP contribution in [-0.4, -0.2) is 56.3 Å². The van der Waals surface area contributed by atoms with Gasteiger partial charge >= 0.3 is 0 Å². The Morgan fingerprint density at radius 1 is 0.818 bits per heavy atom. The van der Waals surface area contributed by atoms with Gasteiger partial charge < -0.3 is 23.7 Å². The zero-order chi connectivity index (χ0) is 23.9. The summed E-state index contributed by atoms with van der Waals surface area (Å²) in [6.07, 6.45) is 9.68. The van der Waals surface area contributed by atoms with Crippen molar-refractivity contribution in [3.05, 3.63) is 23.4 Å². The quantitative estimate of drug-likeness (QED) is 0.241. The summed E-state index contributed by atoms with van der Waals surface area (Å²) in [7, 11) is 0. The van der Waals surface area contributed by atoms with Crippen molar-refractivity contribution in [3.8, 4) is 5.88 Å². The highest BCUT2D eigenvalue weighted by Crippen LogP contribution is 2.38. The van der Waals surface area contributed by atoms with E-state index in [1.54, 1.807) is 0 Å². The molecule has 0 aliphatic carbocycles. The largest absolute Gasteiger partial charge is 0.477 e. The Kier molecular flexibility index (Phi) is 13.9. The average Bonchev–Trinajstić information content (AvgIpc) is 3.15. The Hall–Kier alpha value is -1.21. The molecule has 1 aliphatic heterocycles. The highest BCUT2D eigenvalue weighted by atomic mass is 16.6. The van der Waals surface area contributed by atoms with Gasteiger partial charge in [0.2, 0.25) is 5.88 Å². The minimum absolute atomic E-state index is 0.152. The molecule has 6 heteroatoms. The number of hydrogen-bond donors (Lipinski definition) is 0. The number of rotatable bonds is 18. The van der Waals surface area contributed by atoms with Crippen molar-refractivity contribution in [1.29, 1.82) is 0 Å². The lowest BCUT2D eigenvalue weighted by Crippen LogP contribution is -2.38. The fourth-order valence-corrected chi connectivity index (χ4v) is 3.89. The molecule has 33 heavy (non-hydrogen) atoms. The van der Waals surface area contributed by atoms with Gasteiger partial charge in [0.05, 0.1) is 13.2 Å². The van der Waals surface area contributed by atoms with Gasteiger partial charge in [-0.15, -0.1) is 0 Å². The number of aryl methyl sites for hydroxylation is 1. The minimum Gasteiger partial charge on any atom is -0.477 e.